The predicted octanol–water partition coefficient (Wildman–Crippen LogP) is 5.25. The molecule has 144 valence electrons. The zero-order valence-corrected chi connectivity index (χ0v) is 16.4. The van der Waals surface area contributed by atoms with Crippen LogP contribution in [-0.4, -0.2) is 19.3 Å². The summed E-state index contributed by atoms with van der Waals surface area (Å²) in [5.41, 5.74) is 11.3. The summed E-state index contributed by atoms with van der Waals surface area (Å²) >= 11 is 0. The molecule has 0 fully saturated rings. The van der Waals surface area contributed by atoms with Crippen molar-refractivity contribution in [1.82, 2.24) is 5.32 Å². The molecule has 0 heterocycles. The van der Waals surface area contributed by atoms with E-state index in [-0.39, 0.29) is 6.17 Å². The molecule has 0 rings (SSSR count). The smallest absolute Gasteiger partial charge is 0.0558 e. The van der Waals surface area contributed by atoms with Gasteiger partial charge in [0.05, 0.1) is 6.17 Å². The third-order valence-corrected chi connectivity index (χ3v) is 4.57. The van der Waals surface area contributed by atoms with Crippen LogP contribution in [0, 0.1) is 0 Å². The second kappa shape index (κ2) is 20.7. The van der Waals surface area contributed by atoms with Crippen LogP contribution in [0.5, 0.6) is 0 Å². The van der Waals surface area contributed by atoms with Gasteiger partial charge in [-0.3, -0.25) is 0 Å². The van der Waals surface area contributed by atoms with Gasteiger partial charge in [0.2, 0.25) is 0 Å². The Morgan fingerprint density at radius 3 is 1.79 bits per heavy atom. The molecule has 0 aromatic carbocycles. The van der Waals surface area contributed by atoms with Crippen LogP contribution in [0.25, 0.3) is 0 Å². The van der Waals surface area contributed by atoms with Crippen molar-refractivity contribution in [2.45, 2.75) is 109 Å². The summed E-state index contributed by atoms with van der Waals surface area (Å²) in [6.45, 7) is 3.98. The minimum absolute atomic E-state index is 0.0816. The van der Waals surface area contributed by atoms with Crippen molar-refractivity contribution in [3.63, 3.8) is 0 Å². The van der Waals surface area contributed by atoms with Gasteiger partial charge in [-0.05, 0) is 51.6 Å². The topological polar surface area (TPSA) is 64.1 Å². The maximum Gasteiger partial charge on any atom is 0.0558 e. The van der Waals surface area contributed by atoms with Gasteiger partial charge in [-0.2, -0.15) is 0 Å². The summed E-state index contributed by atoms with van der Waals surface area (Å²) < 4.78 is 0. The lowest BCUT2D eigenvalue weighted by atomic mass is 10.1. The van der Waals surface area contributed by atoms with Gasteiger partial charge in [-0.1, -0.05) is 76.9 Å². The highest BCUT2D eigenvalue weighted by atomic mass is 15.0. The standard InChI is InChI=1S/C21H45N3/c1-2-3-4-5-6-7-8-9-10-11-12-13-14-15-16-17-20-24-21(23)18-19-22/h9-10,21,24H,2-8,11-20,22-23H2,1H3/b10-9-. The van der Waals surface area contributed by atoms with Crippen LogP contribution in [-0.2, 0) is 0 Å². The molecule has 0 aromatic heterocycles. The van der Waals surface area contributed by atoms with E-state index in [4.69, 9.17) is 11.5 Å². The lowest BCUT2D eigenvalue weighted by Gasteiger charge is -2.12. The monoisotopic (exact) mass is 339 g/mol. The van der Waals surface area contributed by atoms with Crippen molar-refractivity contribution in [3.8, 4) is 0 Å². The largest absolute Gasteiger partial charge is 0.330 e. The minimum atomic E-state index is 0.0816. The SMILES string of the molecule is CCCCCCCC/C=C\CCCCCCCCNC(N)CCN. The normalized spacial score (nSPS) is 13.0. The minimum Gasteiger partial charge on any atom is -0.330 e. The van der Waals surface area contributed by atoms with E-state index in [0.717, 1.165) is 13.0 Å². The molecule has 0 aliphatic heterocycles. The van der Waals surface area contributed by atoms with Crippen LogP contribution in [0.3, 0.4) is 0 Å². The molecular weight excluding hydrogens is 294 g/mol. The molecule has 0 saturated carbocycles. The van der Waals surface area contributed by atoms with E-state index in [1.54, 1.807) is 0 Å². The zero-order chi connectivity index (χ0) is 17.7. The molecule has 0 spiro atoms. The molecule has 24 heavy (non-hydrogen) atoms. The van der Waals surface area contributed by atoms with Crippen molar-refractivity contribution in [1.29, 1.82) is 0 Å². The van der Waals surface area contributed by atoms with Crippen LogP contribution >= 0.6 is 0 Å². The van der Waals surface area contributed by atoms with Gasteiger partial charge in [0.1, 0.15) is 0 Å². The number of hydrogen-bond acceptors (Lipinski definition) is 3. The van der Waals surface area contributed by atoms with E-state index in [2.05, 4.69) is 24.4 Å². The van der Waals surface area contributed by atoms with Gasteiger partial charge in [0, 0.05) is 0 Å². The summed E-state index contributed by atoms with van der Waals surface area (Å²) in [5, 5.41) is 3.32. The number of hydrogen-bond donors (Lipinski definition) is 3. The second-order valence-corrected chi connectivity index (χ2v) is 7.08. The van der Waals surface area contributed by atoms with Crippen molar-refractivity contribution in [3.05, 3.63) is 12.2 Å². The van der Waals surface area contributed by atoms with Gasteiger partial charge in [-0.15, -0.1) is 0 Å². The van der Waals surface area contributed by atoms with Crippen molar-refractivity contribution >= 4 is 0 Å². The molecule has 0 amide bonds. The first-order chi connectivity index (χ1) is 11.8. The average Bonchev–Trinajstić information content (AvgIpc) is 2.58. The van der Waals surface area contributed by atoms with Crippen molar-refractivity contribution < 1.29 is 0 Å². The van der Waals surface area contributed by atoms with Crippen LogP contribution in [0.4, 0.5) is 0 Å². The van der Waals surface area contributed by atoms with Crippen molar-refractivity contribution in [2.75, 3.05) is 13.1 Å². The number of unbranched alkanes of at least 4 members (excludes halogenated alkanes) is 12. The maximum atomic E-state index is 5.85. The highest BCUT2D eigenvalue weighted by Gasteiger charge is 1.98. The fourth-order valence-corrected chi connectivity index (χ4v) is 2.94. The zero-order valence-electron chi connectivity index (χ0n) is 16.4. The third-order valence-electron chi connectivity index (χ3n) is 4.57. The molecule has 3 nitrogen and oxygen atoms in total. The maximum absolute atomic E-state index is 5.85. The van der Waals surface area contributed by atoms with E-state index in [9.17, 15) is 0 Å². The number of rotatable bonds is 19. The number of nitrogens with one attached hydrogen (secondary N) is 1. The van der Waals surface area contributed by atoms with Crippen LogP contribution in [0.1, 0.15) is 103 Å². The molecule has 1 unspecified atom stereocenters. The van der Waals surface area contributed by atoms with Crippen LogP contribution < -0.4 is 16.8 Å². The first kappa shape index (κ1) is 23.6. The van der Waals surface area contributed by atoms with Gasteiger partial charge < -0.3 is 16.8 Å². The van der Waals surface area contributed by atoms with Gasteiger partial charge in [0.15, 0.2) is 0 Å². The molecule has 3 heteroatoms. The molecular formula is C21H45N3. The Balaban J connectivity index is 3.10. The van der Waals surface area contributed by atoms with Crippen LogP contribution in [0.15, 0.2) is 12.2 Å². The Labute approximate surface area is 152 Å². The van der Waals surface area contributed by atoms with E-state index in [1.807, 2.05) is 0 Å². The Kier molecular flexibility index (Phi) is 20.3. The second-order valence-electron chi connectivity index (χ2n) is 7.08. The summed E-state index contributed by atoms with van der Waals surface area (Å²) in [6, 6.07) is 0. The predicted molar refractivity (Wildman–Crippen MR) is 109 cm³/mol. The Hall–Kier alpha value is -0.380. The molecule has 0 bridgehead atoms. The van der Waals surface area contributed by atoms with E-state index in [1.165, 1.54) is 89.9 Å². The van der Waals surface area contributed by atoms with Crippen LogP contribution in [0.2, 0.25) is 0 Å². The first-order valence-electron chi connectivity index (χ1n) is 10.6. The molecule has 0 aliphatic carbocycles. The lowest BCUT2D eigenvalue weighted by Crippen LogP contribution is -2.39. The quantitative estimate of drug-likeness (QED) is 0.171. The molecule has 0 radical (unpaired) electrons. The average molecular weight is 340 g/mol. The first-order valence-corrected chi connectivity index (χ1v) is 10.6. The summed E-state index contributed by atoms with van der Waals surface area (Å²) in [6.07, 6.45) is 24.7. The van der Waals surface area contributed by atoms with E-state index in [0.29, 0.717) is 6.54 Å². The Bertz CT molecular complexity index is 253. The molecule has 0 saturated heterocycles. The fourth-order valence-electron chi connectivity index (χ4n) is 2.94. The molecule has 5 N–H and O–H groups in total. The summed E-state index contributed by atoms with van der Waals surface area (Å²) in [5.74, 6) is 0. The summed E-state index contributed by atoms with van der Waals surface area (Å²) in [4.78, 5) is 0. The lowest BCUT2D eigenvalue weighted by molar-refractivity contribution is 0.479. The molecule has 1 atom stereocenters. The molecule has 0 aliphatic rings. The van der Waals surface area contributed by atoms with E-state index >= 15 is 0 Å². The Morgan fingerprint density at radius 2 is 1.25 bits per heavy atom. The third kappa shape index (κ3) is 19.7. The Morgan fingerprint density at radius 1 is 0.750 bits per heavy atom. The van der Waals surface area contributed by atoms with Crippen molar-refractivity contribution in [2.24, 2.45) is 11.5 Å². The van der Waals surface area contributed by atoms with Gasteiger partial charge in [-0.25, -0.2) is 0 Å². The van der Waals surface area contributed by atoms with E-state index < -0.39 is 0 Å². The summed E-state index contributed by atoms with van der Waals surface area (Å²) in [7, 11) is 0. The highest BCUT2D eigenvalue weighted by molar-refractivity contribution is 4.81. The van der Waals surface area contributed by atoms with Gasteiger partial charge >= 0.3 is 0 Å². The molecule has 0 aromatic rings. The number of nitrogens with two attached hydrogens (primary N) is 2. The fraction of sp³-hybridized carbons (Fsp3) is 0.905. The van der Waals surface area contributed by atoms with Gasteiger partial charge in [0.25, 0.3) is 0 Å². The highest BCUT2D eigenvalue weighted by Crippen LogP contribution is 2.09. The number of allylic oxidation sites excluding steroid dienone is 2.